The van der Waals surface area contributed by atoms with E-state index in [1.807, 2.05) is 11.0 Å². The standard InChI is InChI=1S/C21H21F2N9O3S2/c1-29-9-12-10-30(4-5-31(12)20(29)33)15-6-13(37(34,35)28-21(11-24)2-3-21)7-16-14(15)8-25-32(16)19-27-26-18(36-19)17(22)23/h6-8,12,17,28H,2-5,9-10H2,1H3/t12-/m1/s1. The Hall–Kier alpha value is -3.42. The van der Waals surface area contributed by atoms with Crippen LogP contribution in [0.2, 0.25) is 0 Å². The zero-order valence-electron chi connectivity index (χ0n) is 19.5. The predicted octanol–water partition coefficient (Wildman–Crippen LogP) is 1.71. The molecule has 12 nitrogen and oxygen atoms in total. The van der Waals surface area contributed by atoms with Crippen LogP contribution in [0.5, 0.6) is 0 Å². The largest absolute Gasteiger partial charge is 0.367 e. The smallest absolute Gasteiger partial charge is 0.320 e. The number of urea groups is 1. The van der Waals surface area contributed by atoms with E-state index in [4.69, 9.17) is 0 Å². The molecule has 1 saturated carbocycles. The van der Waals surface area contributed by atoms with E-state index in [1.165, 1.54) is 23.0 Å². The fourth-order valence-electron chi connectivity index (χ4n) is 4.83. The average molecular weight is 550 g/mol. The lowest BCUT2D eigenvalue weighted by molar-refractivity contribution is 0.150. The van der Waals surface area contributed by atoms with Crippen LogP contribution in [0.15, 0.2) is 23.2 Å². The first-order valence-corrected chi connectivity index (χ1v) is 13.8. The summed E-state index contributed by atoms with van der Waals surface area (Å²) in [4.78, 5) is 17.8. The third kappa shape index (κ3) is 3.97. The Morgan fingerprint density at radius 1 is 1.24 bits per heavy atom. The Labute approximate surface area is 214 Å². The average Bonchev–Trinajstić information content (AvgIpc) is 3.19. The lowest BCUT2D eigenvalue weighted by Gasteiger charge is -2.38. The third-order valence-electron chi connectivity index (χ3n) is 6.92. The van der Waals surface area contributed by atoms with Crippen molar-refractivity contribution in [3.05, 3.63) is 23.3 Å². The van der Waals surface area contributed by atoms with Gasteiger partial charge in [0.25, 0.3) is 6.43 Å². The summed E-state index contributed by atoms with van der Waals surface area (Å²) >= 11 is 0.662. The summed E-state index contributed by atoms with van der Waals surface area (Å²) in [6, 6.07) is 4.84. The van der Waals surface area contributed by atoms with Crippen LogP contribution in [-0.2, 0) is 10.0 Å². The number of piperazine rings is 1. The highest BCUT2D eigenvalue weighted by Gasteiger charge is 2.47. The number of sulfonamides is 1. The van der Waals surface area contributed by atoms with Crippen LogP contribution in [-0.4, -0.2) is 89.0 Å². The number of hydrogen-bond acceptors (Lipinski definition) is 9. The Morgan fingerprint density at radius 3 is 2.70 bits per heavy atom. The molecule has 194 valence electrons. The number of likely N-dealkylation sites (N-methyl/N-ethyl adjacent to an activating group) is 1. The molecular formula is C21H21F2N9O3S2. The lowest BCUT2D eigenvalue weighted by Crippen LogP contribution is -2.52. The van der Waals surface area contributed by atoms with Crippen molar-refractivity contribution in [2.45, 2.75) is 35.7 Å². The quantitative estimate of drug-likeness (QED) is 0.490. The molecule has 3 fully saturated rings. The molecule has 1 aliphatic carbocycles. The van der Waals surface area contributed by atoms with Crippen LogP contribution >= 0.6 is 11.3 Å². The number of alkyl halides is 2. The van der Waals surface area contributed by atoms with Gasteiger partial charge in [-0.15, -0.1) is 10.2 Å². The minimum atomic E-state index is -4.11. The van der Waals surface area contributed by atoms with E-state index < -0.39 is 27.0 Å². The van der Waals surface area contributed by atoms with E-state index in [0.717, 1.165) is 0 Å². The Morgan fingerprint density at radius 2 is 2.03 bits per heavy atom. The number of nitriles is 1. The molecule has 1 atom stereocenters. The zero-order chi connectivity index (χ0) is 26.1. The Bertz CT molecular complexity index is 1560. The van der Waals surface area contributed by atoms with Crippen LogP contribution in [0.25, 0.3) is 16.0 Å². The van der Waals surface area contributed by atoms with Crippen molar-refractivity contribution in [2.75, 3.05) is 38.1 Å². The molecule has 2 aliphatic heterocycles. The number of halogens is 2. The van der Waals surface area contributed by atoms with Gasteiger partial charge >= 0.3 is 6.03 Å². The Balaban J connectivity index is 1.46. The SMILES string of the molecule is CN1C[C@@H]2CN(c3cc(S(=O)(=O)NC4(C#N)CC4)cc4c3cnn4-c3nnc(C(F)F)s3)CCN2C1=O. The number of amides is 2. The number of nitrogens with zero attached hydrogens (tertiary/aromatic N) is 8. The number of fused-ring (bicyclic) bond motifs is 2. The summed E-state index contributed by atoms with van der Waals surface area (Å²) in [7, 11) is -2.37. The predicted molar refractivity (Wildman–Crippen MR) is 128 cm³/mol. The molecule has 16 heteroatoms. The molecule has 2 saturated heterocycles. The van der Waals surface area contributed by atoms with Crippen LogP contribution in [0, 0.1) is 11.3 Å². The van der Waals surface area contributed by atoms with Crippen LogP contribution < -0.4 is 9.62 Å². The van der Waals surface area contributed by atoms with Gasteiger partial charge < -0.3 is 14.7 Å². The van der Waals surface area contributed by atoms with E-state index in [2.05, 4.69) is 20.0 Å². The first kappa shape index (κ1) is 23.9. The third-order valence-corrected chi connectivity index (χ3v) is 9.34. The number of carbonyl (C=O) groups is 1. The monoisotopic (exact) mass is 549 g/mol. The molecule has 1 aromatic carbocycles. The molecule has 0 spiro atoms. The molecular weight excluding hydrogens is 528 g/mol. The summed E-state index contributed by atoms with van der Waals surface area (Å²) in [6.45, 7) is 1.95. The molecule has 0 bridgehead atoms. The van der Waals surface area contributed by atoms with Gasteiger partial charge in [-0.2, -0.15) is 15.1 Å². The van der Waals surface area contributed by atoms with Gasteiger partial charge in [0.15, 0.2) is 5.01 Å². The zero-order valence-corrected chi connectivity index (χ0v) is 21.1. The van der Waals surface area contributed by atoms with Crippen molar-refractivity contribution in [3.63, 3.8) is 0 Å². The highest BCUT2D eigenvalue weighted by Crippen LogP contribution is 2.38. The van der Waals surface area contributed by atoms with Crippen molar-refractivity contribution in [2.24, 2.45) is 0 Å². The number of hydrogen-bond donors (Lipinski definition) is 1. The lowest BCUT2D eigenvalue weighted by atomic mass is 10.1. The van der Waals surface area contributed by atoms with Crippen molar-refractivity contribution in [3.8, 4) is 11.2 Å². The minimum Gasteiger partial charge on any atom is -0.367 e. The van der Waals surface area contributed by atoms with E-state index in [1.54, 1.807) is 16.8 Å². The molecule has 1 N–H and O–H groups in total. The second-order valence-electron chi connectivity index (χ2n) is 9.41. The maximum atomic E-state index is 13.4. The van der Waals surface area contributed by atoms with Gasteiger partial charge in [-0.25, -0.2) is 26.7 Å². The summed E-state index contributed by atoms with van der Waals surface area (Å²) < 4.78 is 56.8. The number of anilines is 1. The van der Waals surface area contributed by atoms with Crippen molar-refractivity contribution >= 4 is 44.0 Å². The van der Waals surface area contributed by atoms with Gasteiger partial charge in [0.05, 0.1) is 28.7 Å². The normalized spacial score (nSPS) is 21.1. The highest BCUT2D eigenvalue weighted by atomic mass is 32.2. The number of aromatic nitrogens is 4. The molecule has 6 rings (SSSR count). The summed E-state index contributed by atoms with van der Waals surface area (Å²) in [6.07, 6.45) is -0.425. The number of rotatable bonds is 6. The summed E-state index contributed by atoms with van der Waals surface area (Å²) in [5, 5.41) is 21.3. The maximum Gasteiger partial charge on any atom is 0.320 e. The molecule has 4 heterocycles. The second-order valence-corrected chi connectivity index (χ2v) is 12.1. The van der Waals surface area contributed by atoms with Gasteiger partial charge in [-0.05, 0) is 25.0 Å². The van der Waals surface area contributed by atoms with E-state index in [-0.39, 0.29) is 22.1 Å². The van der Waals surface area contributed by atoms with E-state index in [9.17, 15) is 27.3 Å². The first-order chi connectivity index (χ1) is 17.6. The number of benzene rings is 1. The minimum absolute atomic E-state index is 0.0412. The topological polar surface area (TPSA) is 140 Å². The van der Waals surface area contributed by atoms with Crippen LogP contribution in [0.1, 0.15) is 24.3 Å². The maximum absolute atomic E-state index is 13.4. The number of nitrogens with one attached hydrogen (secondary N) is 1. The molecule has 3 aliphatic rings. The van der Waals surface area contributed by atoms with Gasteiger partial charge in [0.2, 0.25) is 15.2 Å². The van der Waals surface area contributed by atoms with Gasteiger partial charge in [0, 0.05) is 44.3 Å². The Kier molecular flexibility index (Phi) is 5.37. The number of carbonyl (C=O) groups excluding carboxylic acids is 1. The first-order valence-electron chi connectivity index (χ1n) is 11.5. The fourth-order valence-corrected chi connectivity index (χ4v) is 6.91. The summed E-state index contributed by atoms with van der Waals surface area (Å²) in [5.74, 6) is 0. The van der Waals surface area contributed by atoms with Crippen molar-refractivity contribution in [1.82, 2.24) is 34.5 Å². The highest BCUT2D eigenvalue weighted by molar-refractivity contribution is 7.89. The van der Waals surface area contributed by atoms with Gasteiger partial charge in [0.1, 0.15) is 5.54 Å². The molecule has 2 amide bonds. The fraction of sp³-hybridized carbons (Fsp3) is 0.476. The second kappa shape index (κ2) is 8.30. The summed E-state index contributed by atoms with van der Waals surface area (Å²) in [5.41, 5.74) is -0.204. The molecule has 37 heavy (non-hydrogen) atoms. The van der Waals surface area contributed by atoms with Crippen LogP contribution in [0.3, 0.4) is 0 Å². The molecule has 3 aromatic rings. The molecule has 0 radical (unpaired) electrons. The van der Waals surface area contributed by atoms with Crippen molar-refractivity contribution in [1.29, 1.82) is 5.26 Å². The van der Waals surface area contributed by atoms with E-state index >= 15 is 0 Å². The van der Waals surface area contributed by atoms with E-state index in [0.29, 0.717) is 66.9 Å². The molecule has 2 aromatic heterocycles. The van der Waals surface area contributed by atoms with Gasteiger partial charge in [-0.3, -0.25) is 0 Å². The molecule has 0 unspecified atom stereocenters. The van der Waals surface area contributed by atoms with Crippen LogP contribution in [0.4, 0.5) is 19.3 Å². The van der Waals surface area contributed by atoms with Crippen molar-refractivity contribution < 1.29 is 22.0 Å². The van der Waals surface area contributed by atoms with Gasteiger partial charge in [-0.1, -0.05) is 11.3 Å².